The first-order valence-corrected chi connectivity index (χ1v) is 13.8. The van der Waals surface area contributed by atoms with Gasteiger partial charge in [0, 0.05) is 11.1 Å². The van der Waals surface area contributed by atoms with E-state index in [1.165, 1.54) is 49.0 Å². The van der Waals surface area contributed by atoms with Crippen LogP contribution in [-0.4, -0.2) is 10.2 Å². The fourth-order valence-corrected chi connectivity index (χ4v) is 5.91. The highest BCUT2D eigenvalue weighted by Crippen LogP contribution is 2.44. The fraction of sp³-hybridized carbons (Fsp3) is 0. The van der Waals surface area contributed by atoms with Crippen molar-refractivity contribution in [1.82, 2.24) is 10.2 Å². The minimum Gasteiger partial charge on any atom is -0.416 e. The average Bonchev–Trinajstić information content (AvgIpc) is 3.54. The van der Waals surface area contributed by atoms with Crippen LogP contribution < -0.4 is 0 Å². The minimum atomic E-state index is 0.511. The molecule has 8 rings (SSSR count). The Kier molecular flexibility index (Phi) is 5.46. The summed E-state index contributed by atoms with van der Waals surface area (Å²) in [5, 5.41) is 16.0. The molecule has 8 aromatic rings. The van der Waals surface area contributed by atoms with Gasteiger partial charge in [0.05, 0.1) is 0 Å². The van der Waals surface area contributed by atoms with Crippen molar-refractivity contribution < 1.29 is 4.42 Å². The number of nitrogens with zero attached hydrogens (tertiary/aromatic N) is 2. The van der Waals surface area contributed by atoms with Crippen LogP contribution in [0.15, 0.2) is 150 Å². The Hall–Kier alpha value is -5.54. The lowest BCUT2D eigenvalue weighted by Gasteiger charge is -2.18. The average molecular weight is 525 g/mol. The van der Waals surface area contributed by atoms with Crippen LogP contribution in [0.3, 0.4) is 0 Å². The van der Waals surface area contributed by atoms with Crippen molar-refractivity contribution in [2.75, 3.05) is 0 Å². The third kappa shape index (κ3) is 3.98. The molecule has 0 fully saturated rings. The second kappa shape index (κ2) is 9.58. The zero-order valence-electron chi connectivity index (χ0n) is 22.2. The highest BCUT2D eigenvalue weighted by molar-refractivity contribution is 6.21. The lowest BCUT2D eigenvalue weighted by Crippen LogP contribution is -1.91. The number of fused-ring (bicyclic) bond motifs is 3. The molecule has 0 unspecified atom stereocenters. The second-order valence-electron chi connectivity index (χ2n) is 10.3. The lowest BCUT2D eigenvalue weighted by atomic mass is 9.85. The Balaban J connectivity index is 1.29. The Bertz CT molecular complexity index is 2140. The Morgan fingerprint density at radius 2 is 0.780 bits per heavy atom. The highest BCUT2D eigenvalue weighted by atomic mass is 16.4. The van der Waals surface area contributed by atoms with Gasteiger partial charge >= 0.3 is 0 Å². The molecule has 41 heavy (non-hydrogen) atoms. The second-order valence-corrected chi connectivity index (χ2v) is 10.3. The smallest absolute Gasteiger partial charge is 0.248 e. The first kappa shape index (κ1) is 23.4. The molecule has 0 N–H and O–H groups in total. The summed E-state index contributed by atoms with van der Waals surface area (Å²) in [6, 6.07) is 51.1. The van der Waals surface area contributed by atoms with Crippen LogP contribution in [0.5, 0.6) is 0 Å². The van der Waals surface area contributed by atoms with E-state index >= 15 is 0 Å². The summed E-state index contributed by atoms with van der Waals surface area (Å²) in [5.41, 5.74) is 6.67. The number of hydrogen-bond acceptors (Lipinski definition) is 3. The van der Waals surface area contributed by atoms with Gasteiger partial charge in [0.15, 0.2) is 0 Å². The number of aromatic nitrogens is 2. The predicted octanol–water partition coefficient (Wildman–Crippen LogP) is 10.2. The SMILES string of the molecule is c1ccc(-c2nnc(-c3ccc(-c4c5ccccc5c(-c5ccc6ccccc6c5)c5ccccc45)cc3)o2)cc1. The van der Waals surface area contributed by atoms with Crippen molar-refractivity contribution in [3.05, 3.63) is 146 Å². The molecule has 0 saturated heterocycles. The van der Waals surface area contributed by atoms with E-state index in [0.717, 1.165) is 16.7 Å². The van der Waals surface area contributed by atoms with Gasteiger partial charge in [0.2, 0.25) is 11.8 Å². The maximum atomic E-state index is 6.01. The molecule has 0 amide bonds. The molecule has 0 aliphatic rings. The maximum Gasteiger partial charge on any atom is 0.248 e. The maximum absolute atomic E-state index is 6.01. The van der Waals surface area contributed by atoms with Crippen molar-refractivity contribution in [2.24, 2.45) is 0 Å². The molecule has 192 valence electrons. The van der Waals surface area contributed by atoms with Gasteiger partial charge in [-0.25, -0.2) is 0 Å². The molecule has 0 spiro atoms. The number of hydrogen-bond donors (Lipinski definition) is 0. The molecule has 0 saturated carbocycles. The Morgan fingerprint density at radius 1 is 0.341 bits per heavy atom. The molecule has 7 aromatic carbocycles. The summed E-state index contributed by atoms with van der Waals surface area (Å²) in [7, 11) is 0. The predicted molar refractivity (Wildman–Crippen MR) is 169 cm³/mol. The summed E-state index contributed by atoms with van der Waals surface area (Å²) in [6.07, 6.45) is 0. The normalized spacial score (nSPS) is 11.4. The minimum absolute atomic E-state index is 0.511. The molecule has 0 bridgehead atoms. The number of benzene rings is 7. The molecule has 0 aliphatic carbocycles. The van der Waals surface area contributed by atoms with Crippen molar-refractivity contribution in [3.63, 3.8) is 0 Å². The van der Waals surface area contributed by atoms with E-state index in [2.05, 4.69) is 125 Å². The van der Waals surface area contributed by atoms with Crippen LogP contribution in [0.4, 0.5) is 0 Å². The molecule has 3 nitrogen and oxygen atoms in total. The van der Waals surface area contributed by atoms with Crippen LogP contribution in [-0.2, 0) is 0 Å². The molecule has 0 aliphatic heterocycles. The van der Waals surface area contributed by atoms with Gasteiger partial charge in [-0.05, 0) is 84.9 Å². The van der Waals surface area contributed by atoms with E-state index in [0.29, 0.717) is 11.8 Å². The van der Waals surface area contributed by atoms with Crippen LogP contribution >= 0.6 is 0 Å². The Morgan fingerprint density at radius 3 is 1.39 bits per heavy atom. The van der Waals surface area contributed by atoms with Crippen molar-refractivity contribution >= 4 is 32.3 Å². The lowest BCUT2D eigenvalue weighted by molar-refractivity contribution is 0.584. The van der Waals surface area contributed by atoms with Gasteiger partial charge in [-0.1, -0.05) is 115 Å². The van der Waals surface area contributed by atoms with E-state index in [9.17, 15) is 0 Å². The van der Waals surface area contributed by atoms with E-state index in [4.69, 9.17) is 4.42 Å². The van der Waals surface area contributed by atoms with Crippen LogP contribution in [0.1, 0.15) is 0 Å². The number of rotatable bonds is 4. The van der Waals surface area contributed by atoms with E-state index < -0.39 is 0 Å². The zero-order chi connectivity index (χ0) is 27.2. The molecular formula is C38H24N2O. The summed E-state index contributed by atoms with van der Waals surface area (Å²) >= 11 is 0. The van der Waals surface area contributed by atoms with Crippen molar-refractivity contribution in [1.29, 1.82) is 0 Å². The van der Waals surface area contributed by atoms with E-state index in [-0.39, 0.29) is 0 Å². The monoisotopic (exact) mass is 524 g/mol. The molecule has 1 heterocycles. The van der Waals surface area contributed by atoms with Gasteiger partial charge in [0.25, 0.3) is 0 Å². The standard InChI is InChI=1S/C38H24N2O/c1-2-11-27(12-3-1)37-39-40-38(41-37)28-21-19-26(20-22-28)35-31-14-6-8-16-33(31)36(34-17-9-7-15-32(34)35)30-23-18-25-10-4-5-13-29(25)24-30/h1-24H. The van der Waals surface area contributed by atoms with E-state index in [1.807, 2.05) is 30.3 Å². The zero-order valence-corrected chi connectivity index (χ0v) is 22.2. The van der Waals surface area contributed by atoms with Crippen molar-refractivity contribution in [3.8, 4) is 45.2 Å². The molecule has 0 atom stereocenters. The first-order chi connectivity index (χ1) is 20.3. The van der Waals surface area contributed by atoms with Gasteiger partial charge in [0.1, 0.15) is 0 Å². The molecule has 3 heteroatoms. The van der Waals surface area contributed by atoms with Gasteiger partial charge < -0.3 is 4.42 Å². The highest BCUT2D eigenvalue weighted by Gasteiger charge is 2.17. The first-order valence-electron chi connectivity index (χ1n) is 13.8. The van der Waals surface area contributed by atoms with Crippen LogP contribution in [0.25, 0.3) is 77.5 Å². The van der Waals surface area contributed by atoms with Gasteiger partial charge in [-0.3, -0.25) is 0 Å². The largest absolute Gasteiger partial charge is 0.416 e. The molecular weight excluding hydrogens is 500 g/mol. The quantitative estimate of drug-likeness (QED) is 0.215. The van der Waals surface area contributed by atoms with Gasteiger partial charge in [-0.2, -0.15) is 0 Å². The van der Waals surface area contributed by atoms with Crippen LogP contribution in [0.2, 0.25) is 0 Å². The molecule has 0 radical (unpaired) electrons. The van der Waals surface area contributed by atoms with Crippen molar-refractivity contribution in [2.45, 2.75) is 0 Å². The summed E-state index contributed by atoms with van der Waals surface area (Å²) in [6.45, 7) is 0. The van der Waals surface area contributed by atoms with Crippen LogP contribution in [0, 0.1) is 0 Å². The summed E-state index contributed by atoms with van der Waals surface area (Å²) in [5.74, 6) is 1.03. The fourth-order valence-electron chi connectivity index (χ4n) is 5.91. The Labute approximate surface area is 237 Å². The summed E-state index contributed by atoms with van der Waals surface area (Å²) < 4.78 is 6.01. The topological polar surface area (TPSA) is 38.9 Å². The third-order valence-electron chi connectivity index (χ3n) is 7.84. The van der Waals surface area contributed by atoms with Gasteiger partial charge in [-0.15, -0.1) is 10.2 Å². The molecule has 1 aromatic heterocycles. The van der Waals surface area contributed by atoms with E-state index in [1.54, 1.807) is 0 Å². The third-order valence-corrected chi connectivity index (χ3v) is 7.84. The summed E-state index contributed by atoms with van der Waals surface area (Å²) in [4.78, 5) is 0.